The molecule has 2 N–H and O–H groups in total. The van der Waals surface area contributed by atoms with Crippen LogP contribution in [0.2, 0.25) is 0 Å². The highest BCUT2D eigenvalue weighted by Crippen LogP contribution is 2.13. The Balaban J connectivity index is 1.77. The zero-order valence-corrected chi connectivity index (χ0v) is 15.8. The summed E-state index contributed by atoms with van der Waals surface area (Å²) in [6.07, 6.45) is 9.37. The van der Waals surface area contributed by atoms with Crippen LogP contribution in [0.1, 0.15) is 57.8 Å². The Morgan fingerprint density at radius 2 is 1.58 bits per heavy atom. The summed E-state index contributed by atoms with van der Waals surface area (Å²) in [4.78, 5) is 12.7. The van der Waals surface area contributed by atoms with Crippen molar-refractivity contribution in [3.8, 4) is 0 Å². The number of aliphatic hydroxyl groups is 1. The minimum Gasteiger partial charge on any atom is -0.481 e. The van der Waals surface area contributed by atoms with Crippen molar-refractivity contribution >= 4 is 17.7 Å². The number of carboxylic acids is 1. The van der Waals surface area contributed by atoms with Gasteiger partial charge in [0, 0.05) is 31.8 Å². The van der Waals surface area contributed by atoms with E-state index in [0.717, 1.165) is 63.6 Å². The fourth-order valence-corrected chi connectivity index (χ4v) is 3.85. The number of morpholine rings is 1. The summed E-state index contributed by atoms with van der Waals surface area (Å²) in [5, 5.41) is 18.6. The fourth-order valence-electron chi connectivity index (χ4n) is 2.89. The monoisotopic (exact) mass is 361 g/mol. The smallest absolute Gasteiger partial charge is 0.303 e. The van der Waals surface area contributed by atoms with Crippen LogP contribution in [0.5, 0.6) is 0 Å². The quantitative estimate of drug-likeness (QED) is 0.437. The molecule has 142 valence electrons. The summed E-state index contributed by atoms with van der Waals surface area (Å²) in [6, 6.07) is 0. The average Bonchev–Trinajstić information content (AvgIpc) is 2.56. The predicted molar refractivity (Wildman–Crippen MR) is 99.8 cm³/mol. The maximum absolute atomic E-state index is 10.4. The normalized spacial score (nSPS) is 17.0. The zero-order valence-electron chi connectivity index (χ0n) is 15.0. The van der Waals surface area contributed by atoms with Gasteiger partial charge in [-0.1, -0.05) is 38.5 Å². The Morgan fingerprint density at radius 1 is 1.00 bits per heavy atom. The van der Waals surface area contributed by atoms with Crippen LogP contribution in [0, 0.1) is 0 Å². The maximum atomic E-state index is 10.4. The number of aliphatic carboxylic acids is 1. The van der Waals surface area contributed by atoms with Crippen LogP contribution in [-0.4, -0.2) is 71.5 Å². The number of aliphatic hydroxyl groups excluding tert-OH is 1. The molecule has 1 aliphatic rings. The number of ether oxygens (including phenoxy) is 1. The van der Waals surface area contributed by atoms with Gasteiger partial charge in [0.25, 0.3) is 0 Å². The van der Waals surface area contributed by atoms with Crippen LogP contribution in [0.15, 0.2) is 0 Å². The summed E-state index contributed by atoms with van der Waals surface area (Å²) in [7, 11) is 0. The maximum Gasteiger partial charge on any atom is 0.303 e. The van der Waals surface area contributed by atoms with E-state index in [1.165, 1.54) is 32.1 Å². The second-order valence-electron chi connectivity index (χ2n) is 6.61. The Kier molecular flexibility index (Phi) is 13.6. The van der Waals surface area contributed by atoms with Crippen molar-refractivity contribution in [3.63, 3.8) is 0 Å². The Morgan fingerprint density at radius 3 is 2.21 bits per heavy atom. The molecular formula is C18H35NO4S. The van der Waals surface area contributed by atoms with Crippen molar-refractivity contribution in [1.29, 1.82) is 0 Å². The fraction of sp³-hybridized carbons (Fsp3) is 0.944. The summed E-state index contributed by atoms with van der Waals surface area (Å²) in [5.41, 5.74) is 0. The van der Waals surface area contributed by atoms with E-state index >= 15 is 0 Å². The molecule has 1 fully saturated rings. The lowest BCUT2D eigenvalue weighted by atomic mass is 10.1. The molecule has 5 nitrogen and oxygen atoms in total. The molecule has 0 bridgehead atoms. The number of hydrogen-bond donors (Lipinski definition) is 2. The SMILES string of the molecule is O=C(O)CCCCCCCCCCSCC(O)CN1CCOCC1. The molecule has 0 aromatic rings. The molecule has 0 aromatic heterocycles. The van der Waals surface area contributed by atoms with Gasteiger partial charge in [0.05, 0.1) is 19.3 Å². The topological polar surface area (TPSA) is 70.0 Å². The minimum absolute atomic E-state index is 0.223. The summed E-state index contributed by atoms with van der Waals surface area (Å²) < 4.78 is 5.31. The van der Waals surface area contributed by atoms with Crippen molar-refractivity contribution < 1.29 is 19.7 Å². The lowest BCUT2D eigenvalue weighted by molar-refractivity contribution is -0.137. The molecule has 1 heterocycles. The predicted octanol–water partition coefficient (Wildman–Crippen LogP) is 3.01. The first kappa shape index (κ1) is 21.7. The van der Waals surface area contributed by atoms with E-state index in [0.29, 0.717) is 6.42 Å². The standard InChI is InChI=1S/C18H35NO4S/c20-17(15-19-10-12-23-13-11-19)16-24-14-8-6-4-2-1-3-5-7-9-18(21)22/h17,20H,1-16H2,(H,21,22). The Labute approximate surface area is 151 Å². The van der Waals surface area contributed by atoms with E-state index in [4.69, 9.17) is 9.84 Å². The number of nitrogens with zero attached hydrogens (tertiary/aromatic N) is 1. The van der Waals surface area contributed by atoms with E-state index in [1.807, 2.05) is 11.8 Å². The molecule has 0 aromatic carbocycles. The van der Waals surface area contributed by atoms with Gasteiger partial charge in [-0.25, -0.2) is 0 Å². The molecule has 24 heavy (non-hydrogen) atoms. The van der Waals surface area contributed by atoms with Gasteiger partial charge in [-0.3, -0.25) is 9.69 Å². The molecule has 0 saturated carbocycles. The molecule has 1 rings (SSSR count). The van der Waals surface area contributed by atoms with Crippen LogP contribution in [0.25, 0.3) is 0 Å². The average molecular weight is 362 g/mol. The first-order valence-electron chi connectivity index (χ1n) is 9.46. The molecule has 1 saturated heterocycles. The van der Waals surface area contributed by atoms with Gasteiger partial charge in [-0.2, -0.15) is 11.8 Å². The van der Waals surface area contributed by atoms with Gasteiger partial charge in [0.2, 0.25) is 0 Å². The summed E-state index contributed by atoms with van der Waals surface area (Å²) in [6.45, 7) is 4.24. The van der Waals surface area contributed by atoms with Crippen LogP contribution < -0.4 is 0 Å². The van der Waals surface area contributed by atoms with Gasteiger partial charge >= 0.3 is 5.97 Å². The highest BCUT2D eigenvalue weighted by Gasteiger charge is 2.14. The Hall–Kier alpha value is -0.300. The third-order valence-electron chi connectivity index (χ3n) is 4.31. The molecular weight excluding hydrogens is 326 g/mol. The lowest BCUT2D eigenvalue weighted by Crippen LogP contribution is -2.41. The summed E-state index contributed by atoms with van der Waals surface area (Å²) >= 11 is 1.86. The van der Waals surface area contributed by atoms with Crippen molar-refractivity contribution in [3.05, 3.63) is 0 Å². The zero-order chi connectivity index (χ0) is 17.5. The van der Waals surface area contributed by atoms with Gasteiger partial charge in [0.1, 0.15) is 0 Å². The van der Waals surface area contributed by atoms with Crippen molar-refractivity contribution in [2.45, 2.75) is 63.9 Å². The number of carboxylic acid groups (broad SMARTS) is 1. The van der Waals surface area contributed by atoms with Crippen LogP contribution in [-0.2, 0) is 9.53 Å². The van der Waals surface area contributed by atoms with E-state index in [2.05, 4.69) is 4.90 Å². The number of unbranched alkanes of at least 4 members (excludes halogenated alkanes) is 7. The highest BCUT2D eigenvalue weighted by molar-refractivity contribution is 7.99. The number of thioether (sulfide) groups is 1. The molecule has 0 amide bonds. The molecule has 6 heteroatoms. The lowest BCUT2D eigenvalue weighted by Gasteiger charge is -2.28. The van der Waals surface area contributed by atoms with E-state index in [9.17, 15) is 9.90 Å². The summed E-state index contributed by atoms with van der Waals surface area (Å²) in [5.74, 6) is 1.29. The first-order valence-corrected chi connectivity index (χ1v) is 10.6. The molecule has 1 unspecified atom stereocenters. The van der Waals surface area contributed by atoms with Crippen LogP contribution in [0.3, 0.4) is 0 Å². The second kappa shape index (κ2) is 15.0. The third kappa shape index (κ3) is 13.0. The van der Waals surface area contributed by atoms with Crippen molar-refractivity contribution in [2.75, 3.05) is 44.4 Å². The van der Waals surface area contributed by atoms with E-state index in [1.54, 1.807) is 0 Å². The van der Waals surface area contributed by atoms with Gasteiger partial charge in [-0.05, 0) is 18.6 Å². The largest absolute Gasteiger partial charge is 0.481 e. The van der Waals surface area contributed by atoms with Crippen molar-refractivity contribution in [1.82, 2.24) is 4.90 Å². The molecule has 0 aliphatic carbocycles. The molecule has 0 radical (unpaired) electrons. The molecule has 1 aliphatic heterocycles. The van der Waals surface area contributed by atoms with E-state index in [-0.39, 0.29) is 6.10 Å². The molecule has 1 atom stereocenters. The highest BCUT2D eigenvalue weighted by atomic mass is 32.2. The van der Waals surface area contributed by atoms with Crippen molar-refractivity contribution in [2.24, 2.45) is 0 Å². The Bertz CT molecular complexity index is 311. The number of β-amino-alcohol motifs (C(OH)–C–C–N with tert-alkyl or cyclic N) is 1. The molecule has 0 spiro atoms. The third-order valence-corrected chi connectivity index (χ3v) is 5.51. The first-order chi connectivity index (χ1) is 11.7. The van der Waals surface area contributed by atoms with Crippen LogP contribution >= 0.6 is 11.8 Å². The number of hydrogen-bond acceptors (Lipinski definition) is 5. The minimum atomic E-state index is -0.678. The number of rotatable bonds is 15. The second-order valence-corrected chi connectivity index (χ2v) is 7.76. The number of carbonyl (C=O) groups is 1. The van der Waals surface area contributed by atoms with Gasteiger partial charge in [-0.15, -0.1) is 0 Å². The van der Waals surface area contributed by atoms with Crippen LogP contribution in [0.4, 0.5) is 0 Å². The van der Waals surface area contributed by atoms with Gasteiger partial charge < -0.3 is 14.9 Å². The van der Waals surface area contributed by atoms with E-state index < -0.39 is 5.97 Å². The van der Waals surface area contributed by atoms with Gasteiger partial charge in [0.15, 0.2) is 0 Å².